The van der Waals surface area contributed by atoms with E-state index in [1.807, 2.05) is 0 Å². The number of hydrogen-bond donors (Lipinski definition) is 0. The van der Waals surface area contributed by atoms with E-state index in [1.165, 1.54) is 36.9 Å². The summed E-state index contributed by atoms with van der Waals surface area (Å²) in [5.74, 6) is 0.864. The van der Waals surface area contributed by atoms with Crippen LogP contribution in [-0.4, -0.2) is 31.1 Å². The van der Waals surface area contributed by atoms with E-state index in [9.17, 15) is 0 Å². The average molecular weight is 391 g/mol. The van der Waals surface area contributed by atoms with Gasteiger partial charge in [0.15, 0.2) is 0 Å². The molecule has 2 aromatic carbocycles. The van der Waals surface area contributed by atoms with Gasteiger partial charge < -0.3 is 4.90 Å². The Labute approximate surface area is 177 Å². The van der Waals surface area contributed by atoms with Gasteiger partial charge in [-0.1, -0.05) is 70.2 Å². The minimum atomic E-state index is 0.216. The number of piperazine rings is 1. The molecule has 0 bridgehead atoms. The van der Waals surface area contributed by atoms with Gasteiger partial charge in [0.05, 0.1) is 0 Å². The van der Waals surface area contributed by atoms with E-state index in [0.29, 0.717) is 0 Å². The lowest BCUT2D eigenvalue weighted by Crippen LogP contribution is -2.56. The van der Waals surface area contributed by atoms with Gasteiger partial charge in [0.2, 0.25) is 0 Å². The van der Waals surface area contributed by atoms with Crippen LogP contribution >= 0.6 is 0 Å². The zero-order chi connectivity index (χ0) is 20.5. The van der Waals surface area contributed by atoms with Crippen molar-refractivity contribution in [2.75, 3.05) is 31.1 Å². The Bertz CT molecular complexity index is 772. The first kappa shape index (κ1) is 20.5. The van der Waals surface area contributed by atoms with Gasteiger partial charge in [0, 0.05) is 37.4 Å². The summed E-state index contributed by atoms with van der Waals surface area (Å²) in [7, 11) is 0. The highest BCUT2D eigenvalue weighted by molar-refractivity contribution is 5.46. The molecular formula is C27H38N2. The summed E-state index contributed by atoms with van der Waals surface area (Å²) in [6, 6.07) is 20.6. The van der Waals surface area contributed by atoms with Crippen molar-refractivity contribution in [1.82, 2.24) is 4.90 Å². The molecular weight excluding hydrogens is 352 g/mol. The van der Waals surface area contributed by atoms with Gasteiger partial charge >= 0.3 is 0 Å². The average Bonchev–Trinajstić information content (AvgIpc) is 2.75. The lowest BCUT2D eigenvalue weighted by atomic mass is 9.71. The Balaban J connectivity index is 1.56. The van der Waals surface area contributed by atoms with E-state index < -0.39 is 0 Å². The van der Waals surface area contributed by atoms with Crippen LogP contribution in [0.5, 0.6) is 0 Å². The van der Waals surface area contributed by atoms with Crippen molar-refractivity contribution in [3.05, 3.63) is 65.7 Å². The molecule has 4 rings (SSSR count). The lowest BCUT2D eigenvalue weighted by Gasteiger charge is -2.51. The highest BCUT2D eigenvalue weighted by atomic mass is 15.3. The highest BCUT2D eigenvalue weighted by Gasteiger charge is 2.42. The highest BCUT2D eigenvalue weighted by Crippen LogP contribution is 2.45. The summed E-state index contributed by atoms with van der Waals surface area (Å²) >= 11 is 0. The molecule has 0 radical (unpaired) electrons. The van der Waals surface area contributed by atoms with Crippen molar-refractivity contribution in [3.8, 4) is 0 Å². The maximum absolute atomic E-state index is 2.82. The van der Waals surface area contributed by atoms with E-state index >= 15 is 0 Å². The van der Waals surface area contributed by atoms with Gasteiger partial charge in [-0.05, 0) is 60.3 Å². The summed E-state index contributed by atoms with van der Waals surface area (Å²) < 4.78 is 0. The third kappa shape index (κ3) is 4.23. The SMILES string of the molecule is CC1CCC(c2ccc(C(C)(C)C)cc2)(N2CCN(c3ccccc3)CC2)CC1. The quantitative estimate of drug-likeness (QED) is 0.614. The van der Waals surface area contributed by atoms with Crippen LogP contribution in [0.4, 0.5) is 5.69 Å². The normalized spacial score (nSPS) is 26.5. The van der Waals surface area contributed by atoms with Crippen LogP contribution < -0.4 is 4.90 Å². The number of nitrogens with zero attached hydrogens (tertiary/aromatic N) is 2. The summed E-state index contributed by atoms with van der Waals surface area (Å²) in [4.78, 5) is 5.38. The molecule has 2 aromatic rings. The number of benzene rings is 2. The van der Waals surface area contributed by atoms with Crippen LogP contribution in [0, 0.1) is 5.92 Å². The minimum Gasteiger partial charge on any atom is -0.369 e. The van der Waals surface area contributed by atoms with Crippen LogP contribution in [0.3, 0.4) is 0 Å². The topological polar surface area (TPSA) is 6.48 Å². The number of para-hydroxylation sites is 1. The smallest absolute Gasteiger partial charge is 0.0462 e. The summed E-state index contributed by atoms with van der Waals surface area (Å²) in [5, 5.41) is 0. The number of anilines is 1. The molecule has 0 amide bonds. The fourth-order valence-electron chi connectivity index (χ4n) is 5.34. The van der Waals surface area contributed by atoms with E-state index in [2.05, 4.69) is 92.1 Å². The van der Waals surface area contributed by atoms with Gasteiger partial charge in [-0.15, -0.1) is 0 Å². The molecule has 1 aliphatic heterocycles. The molecule has 1 saturated heterocycles. The monoisotopic (exact) mass is 390 g/mol. The Morgan fingerprint density at radius 2 is 1.38 bits per heavy atom. The van der Waals surface area contributed by atoms with Crippen molar-refractivity contribution in [2.24, 2.45) is 5.92 Å². The molecule has 1 aliphatic carbocycles. The summed E-state index contributed by atoms with van der Waals surface area (Å²) in [6.45, 7) is 13.9. The molecule has 29 heavy (non-hydrogen) atoms. The van der Waals surface area contributed by atoms with Gasteiger partial charge in [-0.2, -0.15) is 0 Å². The van der Waals surface area contributed by atoms with E-state index in [-0.39, 0.29) is 11.0 Å². The third-order valence-electron chi connectivity index (χ3n) is 7.40. The third-order valence-corrected chi connectivity index (χ3v) is 7.40. The number of hydrogen-bond acceptors (Lipinski definition) is 2. The fourth-order valence-corrected chi connectivity index (χ4v) is 5.34. The van der Waals surface area contributed by atoms with Gasteiger partial charge in [-0.25, -0.2) is 0 Å². The van der Waals surface area contributed by atoms with Gasteiger partial charge in [-0.3, -0.25) is 4.90 Å². The number of rotatable bonds is 3. The Kier molecular flexibility index (Phi) is 5.75. The molecule has 0 spiro atoms. The molecule has 2 fully saturated rings. The Hall–Kier alpha value is -1.80. The first-order chi connectivity index (χ1) is 13.9. The van der Waals surface area contributed by atoms with E-state index in [0.717, 1.165) is 32.1 Å². The van der Waals surface area contributed by atoms with Gasteiger partial charge in [0.1, 0.15) is 0 Å². The Morgan fingerprint density at radius 3 is 1.93 bits per heavy atom. The molecule has 156 valence electrons. The van der Waals surface area contributed by atoms with Crippen LogP contribution in [0.2, 0.25) is 0 Å². The molecule has 2 heteroatoms. The molecule has 0 atom stereocenters. The predicted octanol–water partition coefficient (Wildman–Crippen LogP) is 6.21. The Morgan fingerprint density at radius 1 is 0.793 bits per heavy atom. The first-order valence-electron chi connectivity index (χ1n) is 11.5. The molecule has 2 nitrogen and oxygen atoms in total. The van der Waals surface area contributed by atoms with E-state index in [1.54, 1.807) is 5.56 Å². The zero-order valence-electron chi connectivity index (χ0n) is 18.8. The molecule has 2 aliphatic rings. The summed E-state index contributed by atoms with van der Waals surface area (Å²) in [5.41, 5.74) is 4.80. The van der Waals surface area contributed by atoms with Crippen LogP contribution in [0.15, 0.2) is 54.6 Å². The van der Waals surface area contributed by atoms with Crippen molar-refractivity contribution >= 4 is 5.69 Å². The maximum atomic E-state index is 2.82. The second-order valence-corrected chi connectivity index (χ2v) is 10.4. The minimum absolute atomic E-state index is 0.216. The van der Waals surface area contributed by atoms with Crippen molar-refractivity contribution < 1.29 is 0 Å². The van der Waals surface area contributed by atoms with E-state index in [4.69, 9.17) is 0 Å². The first-order valence-corrected chi connectivity index (χ1v) is 11.5. The van der Waals surface area contributed by atoms with Gasteiger partial charge in [0.25, 0.3) is 0 Å². The molecule has 0 aromatic heterocycles. The van der Waals surface area contributed by atoms with Crippen molar-refractivity contribution in [2.45, 2.75) is 64.3 Å². The fraction of sp³-hybridized carbons (Fsp3) is 0.556. The van der Waals surface area contributed by atoms with Crippen LogP contribution in [0.1, 0.15) is 64.5 Å². The maximum Gasteiger partial charge on any atom is 0.0462 e. The lowest BCUT2D eigenvalue weighted by molar-refractivity contribution is 0.0298. The second kappa shape index (κ2) is 8.14. The zero-order valence-corrected chi connectivity index (χ0v) is 18.8. The summed E-state index contributed by atoms with van der Waals surface area (Å²) in [6.07, 6.45) is 5.29. The predicted molar refractivity (Wildman–Crippen MR) is 125 cm³/mol. The second-order valence-electron chi connectivity index (χ2n) is 10.4. The van der Waals surface area contributed by atoms with Crippen molar-refractivity contribution in [1.29, 1.82) is 0 Å². The molecule has 0 unspecified atom stereocenters. The molecule has 1 heterocycles. The molecule has 0 N–H and O–H groups in total. The standard InChI is InChI=1S/C27H38N2/c1-22-14-16-27(17-15-22,24-12-10-23(11-13-24)26(2,3)4)29-20-18-28(19-21-29)25-8-6-5-7-9-25/h5-13,22H,14-21H2,1-4H3. The van der Waals surface area contributed by atoms with Crippen LogP contribution in [0.25, 0.3) is 0 Å². The largest absolute Gasteiger partial charge is 0.369 e. The molecule has 1 saturated carbocycles. The van der Waals surface area contributed by atoms with Crippen LogP contribution in [-0.2, 0) is 11.0 Å². The van der Waals surface area contributed by atoms with Crippen molar-refractivity contribution in [3.63, 3.8) is 0 Å².